The zero-order valence-electron chi connectivity index (χ0n) is 11.8. The lowest BCUT2D eigenvalue weighted by Gasteiger charge is -2.18. The molecule has 0 aromatic heterocycles. The van der Waals surface area contributed by atoms with E-state index in [2.05, 4.69) is 0 Å². The molecule has 108 valence electrons. The fourth-order valence-electron chi connectivity index (χ4n) is 2.64. The Kier molecular flexibility index (Phi) is 4.39. The SMILES string of the molecule is CN(C)C(=O)CN1C[C@H](C(=O)O)[C@@H](c2ccccc2)C1. The maximum atomic E-state index is 11.8. The molecular formula is C15H20N2O3. The minimum absolute atomic E-state index is 0.00264. The van der Waals surface area contributed by atoms with E-state index in [-0.39, 0.29) is 18.4 Å². The number of carbonyl (C=O) groups excluding carboxylic acids is 1. The molecule has 1 saturated heterocycles. The van der Waals surface area contributed by atoms with Crippen molar-refractivity contribution in [2.75, 3.05) is 33.7 Å². The highest BCUT2D eigenvalue weighted by atomic mass is 16.4. The summed E-state index contributed by atoms with van der Waals surface area (Å²) in [6.07, 6.45) is 0. The Morgan fingerprint density at radius 1 is 1.25 bits per heavy atom. The molecule has 0 aliphatic carbocycles. The van der Waals surface area contributed by atoms with Gasteiger partial charge in [-0.3, -0.25) is 14.5 Å². The number of carbonyl (C=O) groups is 2. The Morgan fingerprint density at radius 2 is 1.90 bits per heavy atom. The van der Waals surface area contributed by atoms with E-state index in [0.717, 1.165) is 5.56 Å². The van der Waals surface area contributed by atoms with Crippen LogP contribution in [0.2, 0.25) is 0 Å². The fourth-order valence-corrected chi connectivity index (χ4v) is 2.64. The van der Waals surface area contributed by atoms with Crippen LogP contribution < -0.4 is 0 Å². The molecule has 5 heteroatoms. The van der Waals surface area contributed by atoms with E-state index in [4.69, 9.17) is 0 Å². The molecule has 1 heterocycles. The monoisotopic (exact) mass is 276 g/mol. The summed E-state index contributed by atoms with van der Waals surface area (Å²) in [5, 5.41) is 9.38. The zero-order valence-corrected chi connectivity index (χ0v) is 11.8. The molecule has 2 atom stereocenters. The summed E-state index contributed by atoms with van der Waals surface area (Å²) in [4.78, 5) is 26.6. The second-order valence-electron chi connectivity index (χ2n) is 5.44. The number of hydrogen-bond acceptors (Lipinski definition) is 3. The molecule has 0 saturated carbocycles. The smallest absolute Gasteiger partial charge is 0.308 e. The Balaban J connectivity index is 2.12. The summed E-state index contributed by atoms with van der Waals surface area (Å²) in [6, 6.07) is 9.67. The Morgan fingerprint density at radius 3 is 2.45 bits per heavy atom. The van der Waals surface area contributed by atoms with E-state index in [0.29, 0.717) is 13.1 Å². The van der Waals surface area contributed by atoms with Crippen LogP contribution in [0.25, 0.3) is 0 Å². The lowest BCUT2D eigenvalue weighted by Crippen LogP contribution is -2.35. The molecular weight excluding hydrogens is 256 g/mol. The summed E-state index contributed by atoms with van der Waals surface area (Å²) in [6.45, 7) is 1.31. The second kappa shape index (κ2) is 6.05. The number of amides is 1. The number of hydrogen-bond donors (Lipinski definition) is 1. The van der Waals surface area contributed by atoms with Gasteiger partial charge in [0.15, 0.2) is 0 Å². The predicted molar refractivity (Wildman–Crippen MR) is 75.4 cm³/mol. The summed E-state index contributed by atoms with van der Waals surface area (Å²) in [5.74, 6) is -1.29. The van der Waals surface area contributed by atoms with Gasteiger partial charge in [0.1, 0.15) is 0 Å². The lowest BCUT2D eigenvalue weighted by molar-refractivity contribution is -0.142. The van der Waals surface area contributed by atoms with Crippen LogP contribution in [-0.2, 0) is 9.59 Å². The first-order chi connectivity index (χ1) is 9.49. The molecule has 1 aromatic carbocycles. The van der Waals surface area contributed by atoms with Crippen molar-refractivity contribution in [2.24, 2.45) is 5.92 Å². The van der Waals surface area contributed by atoms with Gasteiger partial charge < -0.3 is 10.0 Å². The third kappa shape index (κ3) is 3.17. The Labute approximate surface area is 118 Å². The van der Waals surface area contributed by atoms with E-state index in [1.54, 1.807) is 14.1 Å². The first-order valence-electron chi connectivity index (χ1n) is 6.69. The van der Waals surface area contributed by atoms with Gasteiger partial charge in [0.2, 0.25) is 5.91 Å². The fraction of sp³-hybridized carbons (Fsp3) is 0.467. The summed E-state index contributed by atoms with van der Waals surface area (Å²) in [5.41, 5.74) is 1.03. The highest BCUT2D eigenvalue weighted by Crippen LogP contribution is 2.32. The van der Waals surface area contributed by atoms with Crippen molar-refractivity contribution >= 4 is 11.9 Å². The highest BCUT2D eigenvalue weighted by molar-refractivity contribution is 5.78. The van der Waals surface area contributed by atoms with Crippen LogP contribution in [0.15, 0.2) is 30.3 Å². The van der Waals surface area contributed by atoms with Crippen LogP contribution in [-0.4, -0.2) is 60.5 Å². The Hall–Kier alpha value is -1.88. The number of benzene rings is 1. The number of nitrogens with zero attached hydrogens (tertiary/aromatic N) is 2. The van der Waals surface area contributed by atoms with Crippen molar-refractivity contribution < 1.29 is 14.7 Å². The molecule has 0 spiro atoms. The molecule has 0 radical (unpaired) electrons. The molecule has 1 aliphatic heterocycles. The predicted octanol–water partition coefficient (Wildman–Crippen LogP) is 0.875. The Bertz CT molecular complexity index is 487. The van der Waals surface area contributed by atoms with Crippen molar-refractivity contribution in [1.29, 1.82) is 0 Å². The van der Waals surface area contributed by atoms with E-state index in [1.807, 2.05) is 35.2 Å². The van der Waals surface area contributed by atoms with Crippen molar-refractivity contribution in [3.8, 4) is 0 Å². The van der Waals surface area contributed by atoms with E-state index < -0.39 is 11.9 Å². The van der Waals surface area contributed by atoms with E-state index in [9.17, 15) is 14.7 Å². The lowest BCUT2D eigenvalue weighted by atomic mass is 9.89. The van der Waals surface area contributed by atoms with Crippen LogP contribution in [0.4, 0.5) is 0 Å². The number of aliphatic carboxylic acids is 1. The van der Waals surface area contributed by atoms with Crippen LogP contribution in [0, 0.1) is 5.92 Å². The quantitative estimate of drug-likeness (QED) is 0.886. The first kappa shape index (κ1) is 14.5. The number of carboxylic acids is 1. The van der Waals surface area contributed by atoms with Crippen LogP contribution >= 0.6 is 0 Å². The summed E-state index contributed by atoms with van der Waals surface area (Å²) >= 11 is 0. The van der Waals surface area contributed by atoms with Gasteiger partial charge in [0.25, 0.3) is 0 Å². The standard InChI is InChI=1S/C15H20N2O3/c1-16(2)14(18)10-17-8-12(13(9-17)15(19)20)11-6-4-3-5-7-11/h3-7,12-13H,8-10H2,1-2H3,(H,19,20)/t12-,13+/m1/s1. The maximum absolute atomic E-state index is 11.8. The zero-order chi connectivity index (χ0) is 14.7. The first-order valence-corrected chi connectivity index (χ1v) is 6.69. The van der Waals surface area contributed by atoms with Gasteiger partial charge in [-0.25, -0.2) is 0 Å². The number of likely N-dealkylation sites (N-methyl/N-ethyl adjacent to an activating group) is 1. The molecule has 5 nitrogen and oxygen atoms in total. The van der Waals surface area contributed by atoms with Gasteiger partial charge >= 0.3 is 5.97 Å². The molecule has 1 aromatic rings. The van der Waals surface area contributed by atoms with Gasteiger partial charge in [-0.2, -0.15) is 0 Å². The third-order valence-corrected chi connectivity index (χ3v) is 3.80. The summed E-state index contributed by atoms with van der Waals surface area (Å²) < 4.78 is 0. The maximum Gasteiger partial charge on any atom is 0.308 e. The van der Waals surface area contributed by atoms with Gasteiger partial charge in [0.05, 0.1) is 12.5 Å². The van der Waals surface area contributed by atoms with Gasteiger partial charge in [0, 0.05) is 33.1 Å². The number of likely N-dealkylation sites (tertiary alicyclic amines) is 1. The summed E-state index contributed by atoms with van der Waals surface area (Å²) in [7, 11) is 3.42. The molecule has 1 aliphatic rings. The van der Waals surface area contributed by atoms with Gasteiger partial charge in [-0.1, -0.05) is 30.3 Å². The highest BCUT2D eigenvalue weighted by Gasteiger charge is 2.38. The number of rotatable bonds is 4. The van der Waals surface area contributed by atoms with E-state index >= 15 is 0 Å². The molecule has 1 fully saturated rings. The topological polar surface area (TPSA) is 60.9 Å². The van der Waals surface area contributed by atoms with Crippen LogP contribution in [0.1, 0.15) is 11.5 Å². The van der Waals surface area contributed by atoms with Crippen molar-refractivity contribution in [3.63, 3.8) is 0 Å². The van der Waals surface area contributed by atoms with Gasteiger partial charge in [-0.05, 0) is 5.56 Å². The van der Waals surface area contributed by atoms with Gasteiger partial charge in [-0.15, -0.1) is 0 Å². The molecule has 0 bridgehead atoms. The second-order valence-corrected chi connectivity index (χ2v) is 5.44. The largest absolute Gasteiger partial charge is 0.481 e. The molecule has 1 amide bonds. The normalized spacial score (nSPS) is 22.7. The minimum atomic E-state index is -0.793. The minimum Gasteiger partial charge on any atom is -0.481 e. The molecule has 1 N–H and O–H groups in total. The van der Waals surface area contributed by atoms with Crippen LogP contribution in [0.5, 0.6) is 0 Å². The average Bonchev–Trinajstić information content (AvgIpc) is 2.83. The average molecular weight is 276 g/mol. The number of carboxylic acid groups (broad SMARTS) is 1. The molecule has 20 heavy (non-hydrogen) atoms. The van der Waals surface area contributed by atoms with Crippen LogP contribution in [0.3, 0.4) is 0 Å². The van der Waals surface area contributed by atoms with Crippen molar-refractivity contribution in [2.45, 2.75) is 5.92 Å². The molecule has 0 unspecified atom stereocenters. The molecule has 2 rings (SSSR count). The third-order valence-electron chi connectivity index (χ3n) is 3.80. The van der Waals surface area contributed by atoms with E-state index in [1.165, 1.54) is 4.90 Å². The van der Waals surface area contributed by atoms with Crippen molar-refractivity contribution in [3.05, 3.63) is 35.9 Å². The van der Waals surface area contributed by atoms with Crippen molar-refractivity contribution in [1.82, 2.24) is 9.80 Å².